The van der Waals surface area contributed by atoms with Crippen molar-refractivity contribution in [1.82, 2.24) is 29.8 Å². The fourth-order valence-electron chi connectivity index (χ4n) is 5.29. The number of aryl methyl sites for hydroxylation is 1. The van der Waals surface area contributed by atoms with Gasteiger partial charge in [0.15, 0.2) is 4.34 Å². The van der Waals surface area contributed by atoms with E-state index in [2.05, 4.69) is 25.4 Å². The fourth-order valence-corrected chi connectivity index (χ4v) is 7.90. The van der Waals surface area contributed by atoms with Gasteiger partial charge < -0.3 is 5.32 Å². The summed E-state index contributed by atoms with van der Waals surface area (Å²) in [6, 6.07) is 5.70. The van der Waals surface area contributed by atoms with Gasteiger partial charge in [0.1, 0.15) is 0 Å². The second-order valence-corrected chi connectivity index (χ2v) is 12.6. The molecular weight excluding hydrogens is 527 g/mol. The molecule has 2 aliphatic carbocycles. The van der Waals surface area contributed by atoms with E-state index in [1.807, 2.05) is 18.2 Å². The topological polar surface area (TPSA) is 108 Å². The molecule has 1 aromatic carbocycles. The molecule has 0 unspecified atom stereocenters. The molecule has 1 amide bonds. The lowest BCUT2D eigenvalue weighted by molar-refractivity contribution is -0.113. The van der Waals surface area contributed by atoms with Crippen molar-refractivity contribution in [3.8, 4) is 0 Å². The van der Waals surface area contributed by atoms with Crippen molar-refractivity contribution in [2.24, 2.45) is 7.05 Å². The van der Waals surface area contributed by atoms with Gasteiger partial charge in [0.25, 0.3) is 0 Å². The zero-order valence-electron chi connectivity index (χ0n) is 20.5. The van der Waals surface area contributed by atoms with Gasteiger partial charge >= 0.3 is 0 Å². The van der Waals surface area contributed by atoms with Gasteiger partial charge in [0, 0.05) is 24.1 Å². The molecule has 0 atom stereocenters. The maximum absolute atomic E-state index is 13.4. The first-order chi connectivity index (χ1) is 18.1. The number of hydrogen-bond acceptors (Lipinski definition) is 9. The predicted molar refractivity (Wildman–Crippen MR) is 147 cm³/mol. The lowest BCUT2D eigenvalue weighted by Gasteiger charge is -2.16. The fraction of sp³-hybridized carbons (Fsp3) is 0.440. The van der Waals surface area contributed by atoms with Crippen molar-refractivity contribution in [2.45, 2.75) is 60.9 Å². The van der Waals surface area contributed by atoms with Crippen LogP contribution in [-0.2, 0) is 37.5 Å². The predicted octanol–water partition coefficient (Wildman–Crippen LogP) is 4.54. The van der Waals surface area contributed by atoms with Crippen molar-refractivity contribution in [2.75, 3.05) is 16.8 Å². The first-order valence-corrected chi connectivity index (χ1v) is 15.3. The van der Waals surface area contributed by atoms with Crippen molar-refractivity contribution in [3.05, 3.63) is 40.7 Å². The highest BCUT2D eigenvalue weighted by atomic mass is 32.2. The molecule has 192 valence electrons. The maximum atomic E-state index is 13.4. The van der Waals surface area contributed by atoms with Crippen LogP contribution in [0.2, 0.25) is 0 Å². The molecule has 3 aromatic heterocycles. The smallest absolute Gasteiger partial charge is 0.241 e. The molecule has 0 spiro atoms. The Labute approximate surface area is 226 Å². The van der Waals surface area contributed by atoms with E-state index in [0.29, 0.717) is 10.9 Å². The molecule has 0 radical (unpaired) electrons. The van der Waals surface area contributed by atoms with E-state index in [1.54, 1.807) is 18.4 Å². The molecular formula is C25H27N7O2S3. The zero-order valence-corrected chi connectivity index (χ0v) is 23.0. The van der Waals surface area contributed by atoms with E-state index in [-0.39, 0.29) is 17.6 Å². The molecule has 6 rings (SSSR count). The number of amides is 1. The van der Waals surface area contributed by atoms with Gasteiger partial charge in [-0.15, -0.1) is 16.4 Å². The van der Waals surface area contributed by atoms with Crippen LogP contribution in [0.25, 0.3) is 10.2 Å². The highest BCUT2D eigenvalue weighted by molar-refractivity contribution is 8.01. The lowest BCUT2D eigenvalue weighted by atomic mass is 9.89. The minimum atomic E-state index is -0.129. The Kier molecular flexibility index (Phi) is 7.04. The minimum Gasteiger partial charge on any atom is -0.325 e. The molecule has 0 fully saturated rings. The standard InChI is InChI=1S/C25H27N7O2S3/c1-31-24(28-29-30-31)35-13-22(33)26-15-10-11-18-21(12-15)37-25(27-18)36-14-23(34)32-19-8-4-2-6-16(19)17-7-3-5-9-20(17)32/h10-12H,2-9,13-14H2,1H3,(H,26,33). The Morgan fingerprint density at radius 3 is 2.43 bits per heavy atom. The Hall–Kier alpha value is -2.70. The number of tetrazole rings is 1. The molecule has 4 aromatic rings. The van der Waals surface area contributed by atoms with Gasteiger partial charge in [0.2, 0.25) is 17.0 Å². The largest absolute Gasteiger partial charge is 0.325 e. The highest BCUT2D eigenvalue weighted by Gasteiger charge is 2.28. The molecule has 0 aliphatic heterocycles. The first-order valence-electron chi connectivity index (χ1n) is 12.5. The number of carbonyl (C=O) groups excluding carboxylic acids is 2. The number of benzene rings is 1. The van der Waals surface area contributed by atoms with Crippen LogP contribution in [0.1, 0.15) is 53.0 Å². The number of anilines is 1. The number of fused-ring (bicyclic) bond motifs is 4. The summed E-state index contributed by atoms with van der Waals surface area (Å²) < 4.78 is 5.46. The van der Waals surface area contributed by atoms with Crippen LogP contribution in [0.5, 0.6) is 0 Å². The van der Waals surface area contributed by atoms with Gasteiger partial charge in [-0.1, -0.05) is 23.5 Å². The van der Waals surface area contributed by atoms with E-state index in [4.69, 9.17) is 4.98 Å². The van der Waals surface area contributed by atoms with Crippen LogP contribution in [0.15, 0.2) is 27.7 Å². The summed E-state index contributed by atoms with van der Waals surface area (Å²) in [6.07, 6.45) is 9.09. The van der Waals surface area contributed by atoms with Gasteiger partial charge in [0.05, 0.1) is 21.7 Å². The van der Waals surface area contributed by atoms with E-state index < -0.39 is 0 Å². The van der Waals surface area contributed by atoms with Crippen LogP contribution >= 0.6 is 34.9 Å². The van der Waals surface area contributed by atoms with Crippen LogP contribution in [0.4, 0.5) is 5.69 Å². The number of nitrogens with zero attached hydrogens (tertiary/aromatic N) is 6. The SMILES string of the molecule is Cn1nnnc1SCC(=O)Nc1ccc2nc(SCC(=O)n3c4c(c5c3CCCC5)CCCC4)sc2c1. The van der Waals surface area contributed by atoms with Gasteiger partial charge in [-0.2, -0.15) is 0 Å². The van der Waals surface area contributed by atoms with Crippen molar-refractivity contribution >= 4 is 62.6 Å². The average molecular weight is 554 g/mol. The minimum absolute atomic E-state index is 0.129. The monoisotopic (exact) mass is 553 g/mol. The van der Waals surface area contributed by atoms with Crippen LogP contribution in [0.3, 0.4) is 0 Å². The Morgan fingerprint density at radius 2 is 1.73 bits per heavy atom. The van der Waals surface area contributed by atoms with Crippen molar-refractivity contribution in [3.63, 3.8) is 0 Å². The Bertz CT molecular complexity index is 1460. The summed E-state index contributed by atoms with van der Waals surface area (Å²) in [5.74, 6) is 0.639. The molecule has 9 nitrogen and oxygen atoms in total. The highest BCUT2D eigenvalue weighted by Crippen LogP contribution is 2.36. The summed E-state index contributed by atoms with van der Waals surface area (Å²) in [7, 11) is 1.74. The summed E-state index contributed by atoms with van der Waals surface area (Å²) in [5, 5.41) is 14.7. The number of carbonyl (C=O) groups is 2. The number of rotatable bonds is 7. The van der Waals surface area contributed by atoms with Crippen molar-refractivity contribution < 1.29 is 9.59 Å². The number of thioether (sulfide) groups is 2. The molecule has 2 aliphatic rings. The Balaban J connectivity index is 1.12. The third-order valence-corrected chi connectivity index (χ3v) is 10.1. The van der Waals surface area contributed by atoms with Crippen molar-refractivity contribution in [1.29, 1.82) is 0 Å². The summed E-state index contributed by atoms with van der Waals surface area (Å²) in [6.45, 7) is 0. The van der Waals surface area contributed by atoms with E-state index >= 15 is 0 Å². The second kappa shape index (κ2) is 10.6. The molecule has 37 heavy (non-hydrogen) atoms. The summed E-state index contributed by atoms with van der Waals surface area (Å²) in [4.78, 5) is 30.5. The lowest BCUT2D eigenvalue weighted by Crippen LogP contribution is -2.21. The number of thiazole rings is 1. The van der Waals surface area contributed by atoms with Gasteiger partial charge in [-0.05, 0) is 91.1 Å². The molecule has 0 bridgehead atoms. The average Bonchev–Trinajstić information content (AvgIpc) is 3.60. The van der Waals surface area contributed by atoms with Gasteiger partial charge in [-0.3, -0.25) is 14.2 Å². The van der Waals surface area contributed by atoms with E-state index in [0.717, 1.165) is 45.9 Å². The van der Waals surface area contributed by atoms with E-state index in [9.17, 15) is 9.59 Å². The molecule has 12 heteroatoms. The maximum Gasteiger partial charge on any atom is 0.241 e. The van der Waals surface area contributed by atoms with Crippen LogP contribution in [0, 0.1) is 0 Å². The van der Waals surface area contributed by atoms with Crippen LogP contribution < -0.4 is 5.32 Å². The number of aromatic nitrogens is 6. The summed E-state index contributed by atoms with van der Waals surface area (Å²) in [5.41, 5.74) is 7.09. The number of nitrogens with one attached hydrogen (secondary N) is 1. The quantitative estimate of drug-likeness (QED) is 0.332. The molecule has 0 saturated carbocycles. The Morgan fingerprint density at radius 1 is 1.00 bits per heavy atom. The molecule has 3 heterocycles. The number of hydrogen-bond donors (Lipinski definition) is 1. The second-order valence-electron chi connectivity index (χ2n) is 9.37. The summed E-state index contributed by atoms with van der Waals surface area (Å²) >= 11 is 4.34. The zero-order chi connectivity index (χ0) is 25.4. The van der Waals surface area contributed by atoms with Crippen LogP contribution in [-0.4, -0.2) is 53.1 Å². The van der Waals surface area contributed by atoms with Gasteiger partial charge in [-0.25, -0.2) is 9.67 Å². The first kappa shape index (κ1) is 24.6. The third kappa shape index (κ3) is 5.06. The molecule has 0 saturated heterocycles. The molecule has 1 N–H and O–H groups in total. The normalized spacial score (nSPS) is 14.9. The van der Waals surface area contributed by atoms with E-state index in [1.165, 1.54) is 76.4 Å². The third-order valence-electron chi connectivity index (χ3n) is 6.92.